The molecule has 1 aromatic carbocycles. The molecule has 0 fully saturated rings. The van der Waals surface area contributed by atoms with E-state index < -0.39 is 0 Å². The largest absolute Gasteiger partial charge is 0.329 e. The molecule has 2 rings (SSSR count). The molecule has 5 heteroatoms. The minimum atomic E-state index is 0.0809. The molecular formula is C11H5ClN4. The number of imidazole rings is 1. The molecule has 0 saturated carbocycles. The molecule has 0 saturated heterocycles. The maximum Gasteiger partial charge on any atom is 0.177 e. The van der Waals surface area contributed by atoms with Crippen LogP contribution in [0.4, 0.5) is 0 Å². The maximum atomic E-state index is 8.77. The fourth-order valence-electron chi connectivity index (χ4n) is 1.32. The number of nitrogens with zero attached hydrogens (tertiary/aromatic N) is 3. The molecule has 0 aliphatic rings. The molecule has 0 spiro atoms. The van der Waals surface area contributed by atoms with Gasteiger partial charge in [0.15, 0.2) is 11.4 Å². The first-order chi connectivity index (χ1) is 7.76. The maximum absolute atomic E-state index is 8.77. The summed E-state index contributed by atoms with van der Waals surface area (Å²) in [6.45, 7) is 0. The number of hydrogen-bond acceptors (Lipinski definition) is 3. The van der Waals surface area contributed by atoms with Crippen molar-refractivity contribution in [1.82, 2.24) is 9.97 Å². The molecular weight excluding hydrogens is 224 g/mol. The van der Waals surface area contributed by atoms with Gasteiger partial charge in [-0.05, 0) is 12.1 Å². The molecule has 4 nitrogen and oxygen atoms in total. The van der Waals surface area contributed by atoms with Crippen LogP contribution in [0.5, 0.6) is 0 Å². The van der Waals surface area contributed by atoms with Crippen molar-refractivity contribution >= 4 is 11.6 Å². The summed E-state index contributed by atoms with van der Waals surface area (Å²) >= 11 is 5.98. The predicted octanol–water partition coefficient (Wildman–Crippen LogP) is 2.47. The Morgan fingerprint density at radius 2 is 1.94 bits per heavy atom. The van der Waals surface area contributed by atoms with Gasteiger partial charge in [-0.1, -0.05) is 23.7 Å². The first kappa shape index (κ1) is 10.2. The van der Waals surface area contributed by atoms with Crippen LogP contribution in [0.2, 0.25) is 5.02 Å². The number of aromatic amines is 1. The second-order valence-corrected chi connectivity index (χ2v) is 3.42. The highest BCUT2D eigenvalue weighted by molar-refractivity contribution is 6.33. The molecule has 0 aliphatic carbocycles. The van der Waals surface area contributed by atoms with E-state index in [-0.39, 0.29) is 11.4 Å². The van der Waals surface area contributed by atoms with Gasteiger partial charge in [-0.3, -0.25) is 0 Å². The summed E-state index contributed by atoms with van der Waals surface area (Å²) in [7, 11) is 0. The standard InChI is InChI=1S/C11H5ClN4/c12-8-4-2-1-3-7(8)11-15-9(5-13)10(6-14)16-11/h1-4H,(H,15,16). The fourth-order valence-corrected chi connectivity index (χ4v) is 1.54. The number of H-pyrrole nitrogens is 1. The lowest BCUT2D eigenvalue weighted by molar-refractivity contribution is 1.29. The third-order valence-electron chi connectivity index (χ3n) is 2.05. The normalized spacial score (nSPS) is 9.44. The van der Waals surface area contributed by atoms with Crippen molar-refractivity contribution in [2.45, 2.75) is 0 Å². The van der Waals surface area contributed by atoms with E-state index in [2.05, 4.69) is 9.97 Å². The monoisotopic (exact) mass is 228 g/mol. The number of rotatable bonds is 1. The van der Waals surface area contributed by atoms with E-state index in [1.165, 1.54) is 0 Å². The lowest BCUT2D eigenvalue weighted by Gasteiger charge is -1.98. The third-order valence-corrected chi connectivity index (χ3v) is 2.38. The van der Waals surface area contributed by atoms with Gasteiger partial charge in [0.2, 0.25) is 0 Å². The lowest BCUT2D eigenvalue weighted by atomic mass is 10.2. The van der Waals surface area contributed by atoms with Crippen molar-refractivity contribution in [2.75, 3.05) is 0 Å². The molecule has 16 heavy (non-hydrogen) atoms. The van der Waals surface area contributed by atoms with Crippen LogP contribution >= 0.6 is 11.6 Å². The van der Waals surface area contributed by atoms with Crippen molar-refractivity contribution in [3.63, 3.8) is 0 Å². The molecule has 0 aliphatic heterocycles. The first-order valence-electron chi connectivity index (χ1n) is 4.41. The van der Waals surface area contributed by atoms with Crippen LogP contribution in [-0.4, -0.2) is 9.97 Å². The van der Waals surface area contributed by atoms with E-state index in [1.54, 1.807) is 18.2 Å². The van der Waals surface area contributed by atoms with E-state index in [0.29, 0.717) is 16.4 Å². The molecule has 0 unspecified atom stereocenters. The molecule has 0 amide bonds. The molecule has 0 radical (unpaired) electrons. The quantitative estimate of drug-likeness (QED) is 0.815. The van der Waals surface area contributed by atoms with E-state index in [9.17, 15) is 0 Å². The summed E-state index contributed by atoms with van der Waals surface area (Å²) in [4.78, 5) is 6.77. The average molecular weight is 229 g/mol. The highest BCUT2D eigenvalue weighted by Crippen LogP contribution is 2.25. The minimum absolute atomic E-state index is 0.0809. The van der Waals surface area contributed by atoms with Crippen molar-refractivity contribution in [3.05, 3.63) is 40.7 Å². The van der Waals surface area contributed by atoms with Gasteiger partial charge in [0, 0.05) is 5.56 Å². The average Bonchev–Trinajstić information content (AvgIpc) is 2.72. The van der Waals surface area contributed by atoms with E-state index in [1.807, 2.05) is 18.2 Å². The number of benzene rings is 1. The molecule has 2 aromatic rings. The summed E-state index contributed by atoms with van der Waals surface area (Å²) in [5.74, 6) is 0.429. The first-order valence-corrected chi connectivity index (χ1v) is 4.79. The van der Waals surface area contributed by atoms with Gasteiger partial charge in [-0.2, -0.15) is 10.5 Å². The number of halogens is 1. The Labute approximate surface area is 96.7 Å². The van der Waals surface area contributed by atoms with Crippen LogP contribution in [0.3, 0.4) is 0 Å². The second-order valence-electron chi connectivity index (χ2n) is 3.01. The highest BCUT2D eigenvalue weighted by Gasteiger charge is 2.12. The van der Waals surface area contributed by atoms with Crippen LogP contribution in [0.25, 0.3) is 11.4 Å². The van der Waals surface area contributed by atoms with Crippen molar-refractivity contribution < 1.29 is 0 Å². The Kier molecular flexibility index (Phi) is 2.59. The predicted molar refractivity (Wildman–Crippen MR) is 58.5 cm³/mol. The highest BCUT2D eigenvalue weighted by atomic mass is 35.5. The minimum Gasteiger partial charge on any atom is -0.329 e. The van der Waals surface area contributed by atoms with E-state index >= 15 is 0 Å². The zero-order chi connectivity index (χ0) is 11.5. The van der Waals surface area contributed by atoms with Crippen molar-refractivity contribution in [1.29, 1.82) is 10.5 Å². The zero-order valence-corrected chi connectivity index (χ0v) is 8.78. The molecule has 1 aromatic heterocycles. The summed E-state index contributed by atoms with van der Waals surface area (Å²) < 4.78 is 0. The Morgan fingerprint density at radius 1 is 1.19 bits per heavy atom. The zero-order valence-electron chi connectivity index (χ0n) is 8.03. The smallest absolute Gasteiger partial charge is 0.177 e. The molecule has 1 N–H and O–H groups in total. The summed E-state index contributed by atoms with van der Waals surface area (Å²) in [5.41, 5.74) is 0.900. The van der Waals surface area contributed by atoms with Crippen LogP contribution < -0.4 is 0 Å². The van der Waals surface area contributed by atoms with Crippen LogP contribution in [0.15, 0.2) is 24.3 Å². The Hall–Kier alpha value is -2.30. The second kappa shape index (κ2) is 4.06. The number of nitriles is 2. The number of aromatic nitrogens is 2. The van der Waals surface area contributed by atoms with Gasteiger partial charge in [0.05, 0.1) is 5.02 Å². The van der Waals surface area contributed by atoms with Gasteiger partial charge in [0.25, 0.3) is 0 Å². The summed E-state index contributed by atoms with van der Waals surface area (Å²) in [6.07, 6.45) is 0. The molecule has 1 heterocycles. The van der Waals surface area contributed by atoms with E-state index in [4.69, 9.17) is 22.1 Å². The Morgan fingerprint density at radius 3 is 2.50 bits per heavy atom. The summed E-state index contributed by atoms with van der Waals surface area (Å²) in [5, 5.41) is 18.1. The molecule has 76 valence electrons. The van der Waals surface area contributed by atoms with Crippen molar-refractivity contribution in [3.8, 4) is 23.5 Å². The number of hydrogen-bond donors (Lipinski definition) is 1. The van der Waals surface area contributed by atoms with Gasteiger partial charge < -0.3 is 4.98 Å². The van der Waals surface area contributed by atoms with Crippen molar-refractivity contribution in [2.24, 2.45) is 0 Å². The lowest BCUT2D eigenvalue weighted by Crippen LogP contribution is -1.81. The van der Waals surface area contributed by atoms with Gasteiger partial charge in [-0.25, -0.2) is 4.98 Å². The van der Waals surface area contributed by atoms with Crippen LogP contribution in [0, 0.1) is 22.7 Å². The SMILES string of the molecule is N#Cc1nc(-c2ccccc2Cl)[nH]c1C#N. The Bertz CT molecular complexity index is 584. The van der Waals surface area contributed by atoms with Gasteiger partial charge in [0.1, 0.15) is 18.0 Å². The van der Waals surface area contributed by atoms with Gasteiger partial charge >= 0.3 is 0 Å². The topological polar surface area (TPSA) is 76.3 Å². The van der Waals surface area contributed by atoms with Crippen LogP contribution in [0.1, 0.15) is 11.4 Å². The summed E-state index contributed by atoms with van der Waals surface area (Å²) in [6, 6.07) is 10.8. The fraction of sp³-hybridized carbons (Fsp3) is 0. The molecule has 0 atom stereocenters. The third kappa shape index (κ3) is 1.63. The Balaban J connectivity index is 2.60. The molecule has 0 bridgehead atoms. The number of nitrogens with one attached hydrogen (secondary N) is 1. The van der Waals surface area contributed by atoms with Crippen LogP contribution in [-0.2, 0) is 0 Å². The van der Waals surface area contributed by atoms with Gasteiger partial charge in [-0.15, -0.1) is 0 Å². The van der Waals surface area contributed by atoms with E-state index in [0.717, 1.165) is 0 Å².